The Bertz CT molecular complexity index is 3720. The maximum Gasteiger partial charge on any atom is 0.319 e. The lowest BCUT2D eigenvalue weighted by atomic mass is 10.0. The number of fused-ring (bicyclic) bond motifs is 3. The Balaban J connectivity index is 0.485. The van der Waals surface area contributed by atoms with Crippen molar-refractivity contribution in [3.8, 4) is 12.1 Å². The number of amides is 6. The van der Waals surface area contributed by atoms with Gasteiger partial charge in [0.15, 0.2) is 5.83 Å². The molecule has 3 saturated heterocycles. The molecule has 10 rings (SSSR count). The number of nitrogens with zero attached hydrogens (tertiary/aromatic N) is 8. The van der Waals surface area contributed by atoms with Crippen molar-refractivity contribution in [1.82, 2.24) is 35.3 Å². The largest absolute Gasteiger partial charge is 0.462 e. The molecule has 0 bridgehead atoms. The van der Waals surface area contributed by atoms with Gasteiger partial charge in [0.05, 0.1) is 168 Å². The molecule has 30 heteroatoms. The number of imide groups is 1. The number of ether oxygens (including phenoxy) is 11. The highest BCUT2D eigenvalue weighted by Gasteiger charge is 2.40. The Kier molecular flexibility index (Phi) is 31.7. The van der Waals surface area contributed by atoms with Crippen molar-refractivity contribution in [2.75, 3.05) is 193 Å². The summed E-state index contributed by atoms with van der Waals surface area (Å²) in [5, 5.41) is 20.8. The molecule has 104 heavy (non-hydrogen) atoms. The second-order valence-electron chi connectivity index (χ2n) is 25.5. The van der Waals surface area contributed by atoms with Gasteiger partial charge in [-0.2, -0.15) is 15.2 Å². The topological polar surface area (TPSA) is 289 Å². The van der Waals surface area contributed by atoms with E-state index in [2.05, 4.69) is 61.5 Å². The summed E-state index contributed by atoms with van der Waals surface area (Å²) in [5.41, 5.74) is 6.28. The van der Waals surface area contributed by atoms with Crippen LogP contribution in [0.15, 0.2) is 85.2 Å². The van der Waals surface area contributed by atoms with E-state index in [0.29, 0.717) is 205 Å². The summed E-state index contributed by atoms with van der Waals surface area (Å²) >= 11 is 13.2. The molecule has 5 aliphatic rings. The molecule has 6 amide bonds. The van der Waals surface area contributed by atoms with Crippen LogP contribution in [0.25, 0.3) is 10.8 Å². The third-order valence-electron chi connectivity index (χ3n) is 18.4. The van der Waals surface area contributed by atoms with Crippen LogP contribution in [0.5, 0.6) is 6.01 Å². The number of urea groups is 1. The molecule has 5 aliphatic heterocycles. The molecule has 3 N–H and O–H groups in total. The number of aromatic nitrogens is 2. The molecule has 1 aromatic heterocycles. The van der Waals surface area contributed by atoms with Crippen molar-refractivity contribution in [2.45, 2.75) is 82.7 Å². The van der Waals surface area contributed by atoms with Crippen molar-refractivity contribution in [1.29, 1.82) is 5.26 Å². The predicted octanol–water partition coefficient (Wildman–Crippen LogP) is 7.25. The van der Waals surface area contributed by atoms with E-state index in [-0.39, 0.29) is 62.8 Å². The lowest BCUT2D eigenvalue weighted by Gasteiger charge is -2.42. The van der Waals surface area contributed by atoms with E-state index in [0.717, 1.165) is 70.3 Å². The van der Waals surface area contributed by atoms with Gasteiger partial charge in [0.2, 0.25) is 11.8 Å². The van der Waals surface area contributed by atoms with Crippen molar-refractivity contribution in [3.63, 3.8) is 0 Å². The minimum atomic E-state index is -1.05. The number of hydrogen-bond donors (Lipinski definition) is 3. The molecule has 6 heterocycles. The van der Waals surface area contributed by atoms with E-state index < -0.39 is 35.8 Å². The number of halogens is 3. The SMILES string of the molecule is C=C(F)C(=O)N1CCN(c2nc(OC[C@@H]3CCCN3CCOCCOCCOCCOCCOCCOCCOCCOCCOCCOCCc3cc(Cl)cc(NC(=O)NCc4ccc5c(c4)CN(C4CCC(=O)NC4=O)C5=O)c3)nc3c2CCN(c2cccc4cccc(Cl)c24)C3)C[C@@H]1CC#N. The predicted molar refractivity (Wildman–Crippen MR) is 386 cm³/mol. The zero-order valence-corrected chi connectivity index (χ0v) is 60.3. The van der Waals surface area contributed by atoms with Crippen molar-refractivity contribution in [3.05, 3.63) is 129 Å². The van der Waals surface area contributed by atoms with Crippen LogP contribution in [0, 0.1) is 11.3 Å². The summed E-state index contributed by atoms with van der Waals surface area (Å²) in [5.74, 6) is -2.19. The lowest BCUT2D eigenvalue weighted by molar-refractivity contribution is -0.137. The Morgan fingerprint density at radius 2 is 1.31 bits per heavy atom. The average Bonchev–Trinajstić information content (AvgIpc) is 1.76. The number of piperazine rings is 1. The number of carbonyl (C=O) groups is 5. The highest BCUT2D eigenvalue weighted by molar-refractivity contribution is 6.36. The van der Waals surface area contributed by atoms with Crippen LogP contribution in [0.3, 0.4) is 0 Å². The number of piperidine rings is 1. The zero-order valence-electron chi connectivity index (χ0n) is 58.8. The summed E-state index contributed by atoms with van der Waals surface area (Å²) in [6.45, 7) is 16.6. The summed E-state index contributed by atoms with van der Waals surface area (Å²) < 4.78 is 77.3. The maximum absolute atomic E-state index is 14.1. The van der Waals surface area contributed by atoms with E-state index in [1.165, 1.54) is 9.80 Å². The molecule has 0 aliphatic carbocycles. The molecule has 3 atom stereocenters. The average molecular weight is 1480 g/mol. The van der Waals surface area contributed by atoms with Gasteiger partial charge >= 0.3 is 12.0 Å². The van der Waals surface area contributed by atoms with Crippen molar-refractivity contribution < 1.29 is 80.5 Å². The van der Waals surface area contributed by atoms with Crippen LogP contribution in [0.4, 0.5) is 26.4 Å². The third-order valence-corrected chi connectivity index (χ3v) is 18.9. The fraction of sp³-hybridized carbons (Fsp3) is 0.541. The van der Waals surface area contributed by atoms with Crippen LogP contribution in [0.2, 0.25) is 10.0 Å². The van der Waals surface area contributed by atoms with Gasteiger partial charge in [-0.05, 0) is 97.1 Å². The summed E-state index contributed by atoms with van der Waals surface area (Å²) in [4.78, 5) is 82.3. The molecule has 1 unspecified atom stereocenters. The molecule has 0 spiro atoms. The number of rotatable bonds is 44. The number of nitrogens with one attached hydrogen (secondary N) is 3. The van der Waals surface area contributed by atoms with Gasteiger partial charge < -0.3 is 82.3 Å². The first-order valence-electron chi connectivity index (χ1n) is 35.6. The van der Waals surface area contributed by atoms with Gasteiger partial charge in [-0.25, -0.2) is 9.18 Å². The first kappa shape index (κ1) is 78.8. The molecule has 0 saturated carbocycles. The van der Waals surface area contributed by atoms with Crippen LogP contribution < -0.4 is 30.5 Å². The highest BCUT2D eigenvalue weighted by Crippen LogP contribution is 2.38. The van der Waals surface area contributed by atoms with Crippen LogP contribution in [-0.4, -0.2) is 250 Å². The van der Waals surface area contributed by atoms with E-state index in [1.807, 2.05) is 36.4 Å². The van der Waals surface area contributed by atoms with Gasteiger partial charge in [-0.1, -0.05) is 66.2 Å². The standard InChI is InChI=1S/C74H94Cl2FN11O16/c1-52(77)71(91)87-21-20-86(49-59(87)14-17-78)69-62-15-19-85(65-9-3-6-55-5-2-8-63(76)68(55)65)50-64(62)81-74(83-69)104-51-60-7-4-18-84(60)22-24-95-26-28-97-30-32-99-34-36-101-38-40-103-42-41-102-39-37-100-35-33-98-31-29-96-27-25-94-23-16-53-44-57(75)46-58(45-53)80-73(93)79-47-54-10-11-61-56(43-54)48-88(72(61)92)66-12-13-67(89)82-70(66)90/h2-3,5-6,8-11,43-46,59-60,66H,1,4,7,12-16,18-42,47-51H2,(H2,79,80,93)(H,82,89,90)/t59-,60-,66?/m0/s1. The second kappa shape index (κ2) is 41.8. The smallest absolute Gasteiger partial charge is 0.319 e. The minimum Gasteiger partial charge on any atom is -0.462 e. The quantitative estimate of drug-likeness (QED) is 0.0197. The summed E-state index contributed by atoms with van der Waals surface area (Å²) in [7, 11) is 0. The van der Waals surface area contributed by atoms with Gasteiger partial charge in [-0.15, -0.1) is 0 Å². The first-order chi connectivity index (χ1) is 50.8. The first-order valence-corrected chi connectivity index (χ1v) is 36.4. The number of benzene rings is 4. The van der Waals surface area contributed by atoms with E-state index in [9.17, 15) is 33.6 Å². The Morgan fingerprint density at radius 3 is 1.94 bits per heavy atom. The number of anilines is 3. The van der Waals surface area contributed by atoms with Gasteiger partial charge in [0, 0.05) is 91.2 Å². The number of nitriles is 1. The monoisotopic (exact) mass is 1480 g/mol. The van der Waals surface area contributed by atoms with Gasteiger partial charge in [0.1, 0.15) is 18.5 Å². The normalized spacial score (nSPS) is 17.5. The third kappa shape index (κ3) is 23.6. The van der Waals surface area contributed by atoms with Crippen molar-refractivity contribution >= 4 is 80.8 Å². The Morgan fingerprint density at radius 1 is 0.673 bits per heavy atom. The van der Waals surface area contributed by atoms with Crippen LogP contribution in [0.1, 0.15) is 70.4 Å². The Labute approximate surface area is 615 Å². The van der Waals surface area contributed by atoms with Gasteiger partial charge in [-0.3, -0.25) is 29.4 Å². The number of hydrogen-bond acceptors (Lipinski definition) is 22. The number of carbonyl (C=O) groups excluding carboxylic acids is 5. The molecule has 3 fully saturated rings. The highest BCUT2D eigenvalue weighted by atomic mass is 35.5. The van der Waals surface area contributed by atoms with E-state index in [4.69, 9.17) is 85.3 Å². The molecule has 0 radical (unpaired) electrons. The van der Waals surface area contributed by atoms with Crippen molar-refractivity contribution in [2.24, 2.45) is 0 Å². The second-order valence-corrected chi connectivity index (χ2v) is 26.3. The minimum absolute atomic E-state index is 0.0336. The molecule has 562 valence electrons. The van der Waals surface area contributed by atoms with Crippen LogP contribution in [-0.2, 0) is 94.2 Å². The summed E-state index contributed by atoms with van der Waals surface area (Å²) in [6, 6.07) is 23.6. The lowest BCUT2D eigenvalue weighted by Crippen LogP contribution is -2.55. The van der Waals surface area contributed by atoms with Crippen LogP contribution >= 0.6 is 23.2 Å². The fourth-order valence-electron chi connectivity index (χ4n) is 13.2. The number of likely N-dealkylation sites (tertiary alicyclic amines) is 1. The fourth-order valence-corrected chi connectivity index (χ4v) is 13.7. The maximum atomic E-state index is 14.1. The molecule has 4 aromatic carbocycles. The molecular weight excluding hydrogens is 1390 g/mol. The molecular formula is C74H94Cl2FN11O16. The Hall–Kier alpha value is -7.73. The van der Waals surface area contributed by atoms with E-state index >= 15 is 0 Å². The zero-order chi connectivity index (χ0) is 72.8. The molecule has 27 nitrogen and oxygen atoms in total. The molecule has 5 aromatic rings. The van der Waals surface area contributed by atoms with Gasteiger partial charge in [0.25, 0.3) is 11.8 Å². The summed E-state index contributed by atoms with van der Waals surface area (Å²) in [6.07, 6.45) is 3.69. The van der Waals surface area contributed by atoms with E-state index in [1.54, 1.807) is 18.2 Å².